The minimum atomic E-state index is -0.389. The van der Waals surface area contributed by atoms with Gasteiger partial charge in [0.15, 0.2) is 0 Å². The number of aliphatic hydroxyl groups excluding tert-OH is 1. The molecule has 5 nitrogen and oxygen atoms in total. The average molecular weight is 327 g/mol. The molecule has 1 atom stereocenters. The fraction of sp³-hybridized carbons (Fsp3) is 0.812. The summed E-state index contributed by atoms with van der Waals surface area (Å²) in [6, 6.07) is 0. The van der Waals surface area contributed by atoms with Gasteiger partial charge in [0.1, 0.15) is 0 Å². The van der Waals surface area contributed by atoms with E-state index < -0.39 is 0 Å². The van der Waals surface area contributed by atoms with Crippen molar-refractivity contribution < 1.29 is 9.84 Å². The maximum atomic E-state index is 9.99. The molecular weight excluding hydrogens is 298 g/mol. The Bertz CT molecular complexity index is 431. The molecule has 1 N–H and O–H groups in total. The minimum absolute atomic E-state index is 0.178. The number of nitrogens with zero attached hydrogens (tertiary/aromatic N) is 3. The van der Waals surface area contributed by atoms with Crippen LogP contribution in [0.4, 0.5) is 0 Å². The number of aryl methyl sites for hydroxylation is 1. The van der Waals surface area contributed by atoms with Gasteiger partial charge in [-0.2, -0.15) is 0 Å². The molecule has 1 aliphatic rings. The van der Waals surface area contributed by atoms with Crippen LogP contribution in [0.2, 0.25) is 0 Å². The van der Waals surface area contributed by atoms with Crippen LogP contribution in [-0.2, 0) is 17.7 Å². The van der Waals surface area contributed by atoms with Gasteiger partial charge in [0, 0.05) is 44.6 Å². The highest BCUT2D eigenvalue weighted by atomic mass is 32.1. The Morgan fingerprint density at radius 1 is 1.27 bits per heavy atom. The summed E-state index contributed by atoms with van der Waals surface area (Å²) < 4.78 is 5.46. The van der Waals surface area contributed by atoms with Gasteiger partial charge in [-0.3, -0.25) is 9.80 Å². The molecule has 6 heteroatoms. The summed E-state index contributed by atoms with van der Waals surface area (Å²) in [5.74, 6) is 0. The highest BCUT2D eigenvalue weighted by Gasteiger charge is 2.20. The van der Waals surface area contributed by atoms with E-state index >= 15 is 0 Å². The van der Waals surface area contributed by atoms with Gasteiger partial charge in [0.2, 0.25) is 0 Å². The second-order valence-electron chi connectivity index (χ2n) is 6.20. The Kier molecular flexibility index (Phi) is 7.24. The summed E-state index contributed by atoms with van der Waals surface area (Å²) in [5.41, 5.74) is 1.20. The van der Waals surface area contributed by atoms with Crippen molar-refractivity contribution in [1.82, 2.24) is 14.8 Å². The van der Waals surface area contributed by atoms with Crippen LogP contribution in [0.1, 0.15) is 31.5 Å². The van der Waals surface area contributed by atoms with Gasteiger partial charge >= 0.3 is 0 Å². The standard InChI is InChI=1S/C16H29N3O2S/c1-4-16-17-14(12-22-16)9-18-5-7-19(8-6-18)10-15(20)11-21-13(2)3/h12-13,15,20H,4-11H2,1-3H3. The Morgan fingerprint density at radius 2 is 1.95 bits per heavy atom. The van der Waals surface area contributed by atoms with Gasteiger partial charge in [0.05, 0.1) is 29.5 Å². The predicted molar refractivity (Wildman–Crippen MR) is 90.3 cm³/mol. The number of piperazine rings is 1. The lowest BCUT2D eigenvalue weighted by molar-refractivity contribution is -0.0149. The molecule has 126 valence electrons. The first kappa shape index (κ1) is 17.8. The normalized spacial score (nSPS) is 19.0. The number of ether oxygens (including phenoxy) is 1. The molecule has 22 heavy (non-hydrogen) atoms. The van der Waals surface area contributed by atoms with Crippen molar-refractivity contribution in [1.29, 1.82) is 0 Å². The number of thiazole rings is 1. The lowest BCUT2D eigenvalue weighted by atomic mass is 10.2. The molecule has 0 aliphatic carbocycles. The van der Waals surface area contributed by atoms with E-state index in [0.29, 0.717) is 13.2 Å². The van der Waals surface area contributed by atoms with E-state index in [-0.39, 0.29) is 12.2 Å². The van der Waals surface area contributed by atoms with Crippen molar-refractivity contribution in [3.05, 3.63) is 16.1 Å². The number of hydrogen-bond donors (Lipinski definition) is 1. The highest BCUT2D eigenvalue weighted by Crippen LogP contribution is 2.13. The summed E-state index contributed by atoms with van der Waals surface area (Å²) in [6.45, 7) is 12.3. The average Bonchev–Trinajstić information content (AvgIpc) is 2.95. The van der Waals surface area contributed by atoms with Crippen LogP contribution >= 0.6 is 11.3 Å². The Hall–Kier alpha value is -0.530. The summed E-state index contributed by atoms with van der Waals surface area (Å²) in [4.78, 5) is 9.41. The summed E-state index contributed by atoms with van der Waals surface area (Å²) in [7, 11) is 0. The molecule has 1 saturated heterocycles. The third kappa shape index (κ3) is 5.93. The largest absolute Gasteiger partial charge is 0.389 e. The maximum absolute atomic E-state index is 9.99. The van der Waals surface area contributed by atoms with Crippen molar-refractivity contribution in [2.24, 2.45) is 0 Å². The first-order valence-electron chi connectivity index (χ1n) is 8.24. The smallest absolute Gasteiger partial charge is 0.0926 e. The maximum Gasteiger partial charge on any atom is 0.0926 e. The van der Waals surface area contributed by atoms with Gasteiger partial charge in [-0.05, 0) is 20.3 Å². The zero-order valence-corrected chi connectivity index (χ0v) is 14.8. The zero-order chi connectivity index (χ0) is 15.9. The van der Waals surface area contributed by atoms with Crippen molar-refractivity contribution in [3.8, 4) is 0 Å². The molecule has 1 aliphatic heterocycles. The summed E-state index contributed by atoms with van der Waals surface area (Å²) in [6.07, 6.45) is 0.812. The molecule has 0 bridgehead atoms. The van der Waals surface area contributed by atoms with Gasteiger partial charge in [0.25, 0.3) is 0 Å². The molecule has 0 spiro atoms. The van der Waals surface area contributed by atoms with Gasteiger partial charge in [-0.25, -0.2) is 4.98 Å². The van der Waals surface area contributed by atoms with E-state index in [4.69, 9.17) is 4.74 Å². The van der Waals surface area contributed by atoms with E-state index in [1.165, 1.54) is 10.7 Å². The van der Waals surface area contributed by atoms with Crippen LogP contribution in [0.25, 0.3) is 0 Å². The second-order valence-corrected chi connectivity index (χ2v) is 7.14. The predicted octanol–water partition coefficient (Wildman–Crippen LogP) is 1.61. The van der Waals surface area contributed by atoms with Crippen molar-refractivity contribution in [2.45, 2.75) is 45.9 Å². The molecule has 0 amide bonds. The first-order valence-corrected chi connectivity index (χ1v) is 9.12. The highest BCUT2D eigenvalue weighted by molar-refractivity contribution is 7.09. The molecule has 1 aromatic heterocycles. The van der Waals surface area contributed by atoms with Crippen molar-refractivity contribution in [3.63, 3.8) is 0 Å². The van der Waals surface area contributed by atoms with E-state index in [9.17, 15) is 5.11 Å². The van der Waals surface area contributed by atoms with Crippen LogP contribution in [-0.4, -0.2) is 71.4 Å². The molecule has 1 aromatic rings. The van der Waals surface area contributed by atoms with E-state index in [1.54, 1.807) is 11.3 Å². The van der Waals surface area contributed by atoms with Crippen molar-refractivity contribution in [2.75, 3.05) is 39.3 Å². The molecule has 2 heterocycles. The van der Waals surface area contributed by atoms with Crippen LogP contribution in [0.5, 0.6) is 0 Å². The third-order valence-corrected chi connectivity index (χ3v) is 4.89. The van der Waals surface area contributed by atoms with E-state index in [1.807, 2.05) is 13.8 Å². The number of hydrogen-bond acceptors (Lipinski definition) is 6. The quantitative estimate of drug-likeness (QED) is 0.786. The van der Waals surface area contributed by atoms with Crippen molar-refractivity contribution >= 4 is 11.3 Å². The van der Waals surface area contributed by atoms with Crippen LogP contribution < -0.4 is 0 Å². The summed E-state index contributed by atoms with van der Waals surface area (Å²) >= 11 is 1.76. The van der Waals surface area contributed by atoms with Crippen LogP contribution in [0.15, 0.2) is 5.38 Å². The Labute approximate surface area is 137 Å². The molecule has 1 fully saturated rings. The van der Waals surface area contributed by atoms with Crippen LogP contribution in [0, 0.1) is 0 Å². The number of β-amino-alcohol motifs (C(OH)–C–C–N with tert-alkyl or cyclic N) is 1. The second kappa shape index (κ2) is 8.93. The molecule has 0 aromatic carbocycles. The molecule has 0 saturated carbocycles. The number of aromatic nitrogens is 1. The lowest BCUT2D eigenvalue weighted by Gasteiger charge is -2.35. The van der Waals surface area contributed by atoms with Gasteiger partial charge in [-0.15, -0.1) is 11.3 Å². The number of aliphatic hydroxyl groups is 1. The topological polar surface area (TPSA) is 48.8 Å². The Balaban J connectivity index is 1.67. The van der Waals surface area contributed by atoms with E-state index in [2.05, 4.69) is 27.1 Å². The number of rotatable bonds is 8. The minimum Gasteiger partial charge on any atom is -0.389 e. The SMILES string of the molecule is CCc1nc(CN2CCN(CC(O)COC(C)C)CC2)cs1. The Morgan fingerprint density at radius 3 is 2.55 bits per heavy atom. The van der Waals surface area contributed by atoms with Gasteiger partial charge in [-0.1, -0.05) is 6.92 Å². The molecular formula is C16H29N3O2S. The van der Waals surface area contributed by atoms with Gasteiger partial charge < -0.3 is 9.84 Å². The van der Waals surface area contributed by atoms with Crippen LogP contribution in [0.3, 0.4) is 0 Å². The molecule has 0 radical (unpaired) electrons. The summed E-state index contributed by atoms with van der Waals surface area (Å²) in [5, 5.41) is 13.4. The molecule has 2 rings (SSSR count). The lowest BCUT2D eigenvalue weighted by Crippen LogP contribution is -2.48. The fourth-order valence-electron chi connectivity index (χ4n) is 2.60. The zero-order valence-electron chi connectivity index (χ0n) is 14.0. The first-order chi connectivity index (χ1) is 10.6. The third-order valence-electron chi connectivity index (χ3n) is 3.84. The fourth-order valence-corrected chi connectivity index (χ4v) is 3.33. The molecule has 1 unspecified atom stereocenters. The van der Waals surface area contributed by atoms with E-state index in [0.717, 1.165) is 39.1 Å². The monoisotopic (exact) mass is 327 g/mol.